The van der Waals surface area contributed by atoms with Crippen LogP contribution >= 0.6 is 23.1 Å². The summed E-state index contributed by atoms with van der Waals surface area (Å²) in [6.45, 7) is 0. The summed E-state index contributed by atoms with van der Waals surface area (Å²) >= 11 is 3.24. The number of fused-ring (bicyclic) bond motifs is 3. The fourth-order valence-corrected chi connectivity index (χ4v) is 5.72. The van der Waals surface area contributed by atoms with Crippen molar-refractivity contribution in [3.05, 3.63) is 56.4 Å². The minimum atomic E-state index is -0.0571. The number of hydrogen-bond donors (Lipinski definition) is 2. The van der Waals surface area contributed by atoms with E-state index in [-0.39, 0.29) is 11.5 Å². The van der Waals surface area contributed by atoms with E-state index in [1.54, 1.807) is 23.1 Å². The molecule has 154 valence electrons. The van der Waals surface area contributed by atoms with Gasteiger partial charge >= 0.3 is 0 Å². The highest BCUT2D eigenvalue weighted by atomic mass is 32.2. The second-order valence-corrected chi connectivity index (χ2v) is 9.48. The number of anilines is 1. The van der Waals surface area contributed by atoms with E-state index in [0.29, 0.717) is 30.2 Å². The standard InChI is InChI=1S/C22H22N4O2S2/c23-11-9-14-5-7-15(8-6-14)24-19(27)10-12-29-13-18-25-21(28)20-16-3-1-2-4-17(16)30-22(20)26-18/h5-8H,1-4,9-10,12-13H2,(H,24,27)(H,25,26,28). The summed E-state index contributed by atoms with van der Waals surface area (Å²) in [6.07, 6.45) is 5.10. The number of rotatable bonds is 7. The first-order valence-corrected chi connectivity index (χ1v) is 12.0. The Bertz CT molecular complexity index is 1160. The lowest BCUT2D eigenvalue weighted by Crippen LogP contribution is -2.13. The molecule has 0 fully saturated rings. The van der Waals surface area contributed by atoms with Crippen LogP contribution in [0.2, 0.25) is 0 Å². The fraction of sp³-hybridized carbons (Fsp3) is 0.364. The van der Waals surface area contributed by atoms with E-state index in [1.165, 1.54) is 16.9 Å². The zero-order valence-electron chi connectivity index (χ0n) is 16.5. The number of nitrogens with zero attached hydrogens (tertiary/aromatic N) is 2. The van der Waals surface area contributed by atoms with Gasteiger partial charge in [0, 0.05) is 22.7 Å². The van der Waals surface area contributed by atoms with E-state index < -0.39 is 0 Å². The molecule has 8 heteroatoms. The van der Waals surface area contributed by atoms with Crippen LogP contribution < -0.4 is 10.9 Å². The summed E-state index contributed by atoms with van der Waals surface area (Å²) in [7, 11) is 0. The van der Waals surface area contributed by atoms with Crippen LogP contribution in [-0.4, -0.2) is 21.6 Å². The molecule has 0 bridgehead atoms. The smallest absolute Gasteiger partial charge is 0.259 e. The van der Waals surface area contributed by atoms with Crippen LogP contribution in [0.25, 0.3) is 10.2 Å². The monoisotopic (exact) mass is 438 g/mol. The van der Waals surface area contributed by atoms with Crippen LogP contribution in [-0.2, 0) is 29.8 Å². The highest BCUT2D eigenvalue weighted by Gasteiger charge is 2.19. The first kappa shape index (κ1) is 20.6. The lowest BCUT2D eigenvalue weighted by molar-refractivity contribution is -0.115. The summed E-state index contributed by atoms with van der Waals surface area (Å²) < 4.78 is 0. The van der Waals surface area contributed by atoms with Gasteiger partial charge in [-0.15, -0.1) is 11.3 Å². The Labute approximate surface area is 182 Å². The molecule has 2 N–H and O–H groups in total. The average Bonchev–Trinajstić information content (AvgIpc) is 3.12. The number of aromatic nitrogens is 2. The highest BCUT2D eigenvalue weighted by Crippen LogP contribution is 2.33. The van der Waals surface area contributed by atoms with Crippen molar-refractivity contribution in [1.82, 2.24) is 9.97 Å². The van der Waals surface area contributed by atoms with Gasteiger partial charge in [0.15, 0.2) is 0 Å². The van der Waals surface area contributed by atoms with Crippen molar-refractivity contribution in [3.8, 4) is 6.07 Å². The number of H-pyrrole nitrogens is 1. The Kier molecular flexibility index (Phi) is 6.50. The largest absolute Gasteiger partial charge is 0.326 e. The number of hydrogen-bond acceptors (Lipinski definition) is 6. The molecule has 2 aromatic heterocycles. The lowest BCUT2D eigenvalue weighted by Gasteiger charge is -2.09. The number of benzene rings is 1. The number of aromatic amines is 1. The van der Waals surface area contributed by atoms with Crippen LogP contribution in [0.3, 0.4) is 0 Å². The molecule has 0 unspecified atom stereocenters. The Morgan fingerprint density at radius 1 is 1.27 bits per heavy atom. The molecular formula is C22H22N4O2S2. The quantitative estimate of drug-likeness (QED) is 0.539. The first-order chi connectivity index (χ1) is 14.6. The Morgan fingerprint density at radius 2 is 2.07 bits per heavy atom. The van der Waals surface area contributed by atoms with Gasteiger partial charge in [0.2, 0.25) is 5.91 Å². The van der Waals surface area contributed by atoms with Crippen molar-refractivity contribution in [1.29, 1.82) is 5.26 Å². The van der Waals surface area contributed by atoms with E-state index in [4.69, 9.17) is 5.26 Å². The third-order valence-electron chi connectivity index (χ3n) is 5.11. The number of thioether (sulfide) groups is 1. The molecular weight excluding hydrogens is 416 g/mol. The summed E-state index contributed by atoms with van der Waals surface area (Å²) in [4.78, 5) is 34.4. The SMILES string of the molecule is N#CCc1ccc(NC(=O)CCSCc2nc3sc4c(c3c(=O)[nH]2)CCCC4)cc1. The molecule has 2 heterocycles. The van der Waals surface area contributed by atoms with E-state index in [2.05, 4.69) is 21.4 Å². The van der Waals surface area contributed by atoms with Gasteiger partial charge in [-0.25, -0.2) is 4.98 Å². The van der Waals surface area contributed by atoms with Crippen molar-refractivity contribution in [2.24, 2.45) is 0 Å². The molecule has 0 spiro atoms. The number of nitrogens with one attached hydrogen (secondary N) is 2. The number of aryl methyl sites for hydroxylation is 2. The molecule has 1 aromatic carbocycles. The van der Waals surface area contributed by atoms with E-state index in [1.807, 2.05) is 24.3 Å². The number of carbonyl (C=O) groups excluding carboxylic acids is 1. The fourth-order valence-electron chi connectivity index (χ4n) is 3.63. The van der Waals surface area contributed by atoms with Crippen LogP contribution in [0.4, 0.5) is 5.69 Å². The molecule has 0 radical (unpaired) electrons. The maximum absolute atomic E-state index is 12.6. The van der Waals surface area contributed by atoms with Gasteiger partial charge in [-0.05, 0) is 48.9 Å². The molecule has 0 saturated heterocycles. The molecule has 1 aliphatic carbocycles. The molecule has 4 rings (SSSR count). The highest BCUT2D eigenvalue weighted by molar-refractivity contribution is 7.98. The average molecular weight is 439 g/mol. The van der Waals surface area contributed by atoms with Crippen molar-refractivity contribution in [3.63, 3.8) is 0 Å². The molecule has 1 aliphatic rings. The number of carbonyl (C=O) groups is 1. The van der Waals surface area contributed by atoms with Crippen LogP contribution in [0.15, 0.2) is 29.1 Å². The summed E-state index contributed by atoms with van der Waals surface area (Å²) in [5.41, 5.74) is 2.82. The second kappa shape index (κ2) is 9.45. The second-order valence-electron chi connectivity index (χ2n) is 7.29. The molecule has 1 amide bonds. The van der Waals surface area contributed by atoms with Crippen molar-refractivity contribution >= 4 is 44.9 Å². The Hall–Kier alpha value is -2.63. The minimum absolute atomic E-state index is 0.0346. The van der Waals surface area contributed by atoms with Crippen LogP contribution in [0, 0.1) is 11.3 Å². The maximum Gasteiger partial charge on any atom is 0.259 e. The number of amides is 1. The molecule has 0 aliphatic heterocycles. The van der Waals surface area contributed by atoms with Gasteiger partial charge in [0.1, 0.15) is 10.7 Å². The topological polar surface area (TPSA) is 98.6 Å². The summed E-state index contributed by atoms with van der Waals surface area (Å²) in [5.74, 6) is 1.83. The first-order valence-electron chi connectivity index (χ1n) is 10.0. The zero-order valence-corrected chi connectivity index (χ0v) is 18.1. The van der Waals surface area contributed by atoms with Gasteiger partial charge in [-0.2, -0.15) is 17.0 Å². The molecule has 6 nitrogen and oxygen atoms in total. The van der Waals surface area contributed by atoms with Gasteiger partial charge in [0.05, 0.1) is 23.6 Å². The normalized spacial score (nSPS) is 13.0. The van der Waals surface area contributed by atoms with Gasteiger partial charge in [-0.3, -0.25) is 9.59 Å². The predicted molar refractivity (Wildman–Crippen MR) is 122 cm³/mol. The van der Waals surface area contributed by atoms with E-state index in [0.717, 1.165) is 40.7 Å². The van der Waals surface area contributed by atoms with Crippen LogP contribution in [0.5, 0.6) is 0 Å². The van der Waals surface area contributed by atoms with Gasteiger partial charge in [-0.1, -0.05) is 12.1 Å². The van der Waals surface area contributed by atoms with Crippen molar-refractivity contribution < 1.29 is 4.79 Å². The minimum Gasteiger partial charge on any atom is -0.326 e. The van der Waals surface area contributed by atoms with Gasteiger partial charge < -0.3 is 10.3 Å². The maximum atomic E-state index is 12.6. The summed E-state index contributed by atoms with van der Waals surface area (Å²) in [6, 6.07) is 9.40. The molecule has 0 saturated carbocycles. The van der Waals surface area contributed by atoms with E-state index in [9.17, 15) is 9.59 Å². The number of thiophene rings is 1. The Morgan fingerprint density at radius 3 is 2.87 bits per heavy atom. The molecule has 3 aromatic rings. The molecule has 0 atom stereocenters. The molecule has 30 heavy (non-hydrogen) atoms. The summed E-state index contributed by atoms with van der Waals surface area (Å²) in [5, 5.41) is 12.3. The zero-order chi connectivity index (χ0) is 20.9. The Balaban J connectivity index is 1.29. The van der Waals surface area contributed by atoms with Crippen molar-refractivity contribution in [2.75, 3.05) is 11.1 Å². The lowest BCUT2D eigenvalue weighted by atomic mass is 9.97. The predicted octanol–water partition coefficient (Wildman–Crippen LogP) is 4.19. The van der Waals surface area contributed by atoms with Crippen LogP contribution in [0.1, 0.15) is 41.1 Å². The third kappa shape index (κ3) is 4.74. The van der Waals surface area contributed by atoms with Gasteiger partial charge in [0.25, 0.3) is 5.56 Å². The van der Waals surface area contributed by atoms with E-state index >= 15 is 0 Å². The third-order valence-corrected chi connectivity index (χ3v) is 7.26. The van der Waals surface area contributed by atoms with Crippen molar-refractivity contribution in [2.45, 2.75) is 44.3 Å². The number of nitriles is 1.